The first-order valence-electron chi connectivity index (χ1n) is 8.19. The fourth-order valence-corrected chi connectivity index (χ4v) is 3.38. The van der Waals surface area contributed by atoms with E-state index < -0.39 is 10.0 Å². The minimum Gasteiger partial charge on any atom is -0.491 e. The molecule has 4 nitrogen and oxygen atoms in total. The van der Waals surface area contributed by atoms with Gasteiger partial charge in [-0.25, -0.2) is 13.1 Å². The van der Waals surface area contributed by atoms with Crippen molar-refractivity contribution in [2.75, 3.05) is 6.54 Å². The second-order valence-corrected chi connectivity index (χ2v) is 7.89. The van der Waals surface area contributed by atoms with Crippen LogP contribution in [0.5, 0.6) is 5.75 Å². The molecular formula is C19H25NO3S. The lowest BCUT2D eigenvalue weighted by atomic mass is 10.1. The largest absolute Gasteiger partial charge is 0.491 e. The molecule has 0 aliphatic rings. The van der Waals surface area contributed by atoms with E-state index in [1.165, 1.54) is 5.56 Å². The number of aryl methyl sites for hydroxylation is 2. The van der Waals surface area contributed by atoms with Gasteiger partial charge in [0.05, 0.1) is 11.0 Å². The van der Waals surface area contributed by atoms with Crippen molar-refractivity contribution in [3.8, 4) is 5.75 Å². The highest BCUT2D eigenvalue weighted by atomic mass is 32.2. The van der Waals surface area contributed by atoms with E-state index in [4.69, 9.17) is 4.74 Å². The zero-order valence-electron chi connectivity index (χ0n) is 14.5. The number of hydrogen-bond donors (Lipinski definition) is 1. The van der Waals surface area contributed by atoms with Crippen molar-refractivity contribution < 1.29 is 13.2 Å². The first kappa shape index (κ1) is 18.5. The van der Waals surface area contributed by atoms with Crippen molar-refractivity contribution in [1.29, 1.82) is 0 Å². The molecule has 0 spiro atoms. The van der Waals surface area contributed by atoms with Crippen LogP contribution >= 0.6 is 0 Å². The summed E-state index contributed by atoms with van der Waals surface area (Å²) in [4.78, 5) is 0.309. The summed E-state index contributed by atoms with van der Waals surface area (Å²) in [6.45, 7) is 6.34. The predicted octanol–water partition coefficient (Wildman–Crippen LogP) is 3.69. The first-order chi connectivity index (χ1) is 11.4. The Morgan fingerprint density at radius 2 is 1.62 bits per heavy atom. The molecular weight excluding hydrogens is 322 g/mol. The van der Waals surface area contributed by atoms with Crippen LogP contribution in [0.1, 0.15) is 31.4 Å². The molecule has 5 heteroatoms. The van der Waals surface area contributed by atoms with E-state index in [1.54, 1.807) is 24.3 Å². The summed E-state index contributed by atoms with van der Waals surface area (Å²) in [6.07, 6.45) is 1.72. The number of nitrogens with one attached hydrogen (secondary N) is 1. The van der Waals surface area contributed by atoms with E-state index >= 15 is 0 Å². The van der Waals surface area contributed by atoms with Gasteiger partial charge in [-0.05, 0) is 63.4 Å². The number of ether oxygens (including phenoxy) is 1. The SMILES string of the molecule is Cc1ccc(S(=O)(=O)NCCCc2ccc(OC(C)C)cc2)cc1. The monoisotopic (exact) mass is 347 g/mol. The normalized spacial score (nSPS) is 11.7. The summed E-state index contributed by atoms with van der Waals surface area (Å²) >= 11 is 0. The van der Waals surface area contributed by atoms with Crippen molar-refractivity contribution in [1.82, 2.24) is 4.72 Å². The molecule has 0 aromatic heterocycles. The topological polar surface area (TPSA) is 55.4 Å². The van der Waals surface area contributed by atoms with Crippen molar-refractivity contribution in [2.24, 2.45) is 0 Å². The molecule has 0 saturated heterocycles. The van der Waals surface area contributed by atoms with Crippen LogP contribution in [0, 0.1) is 6.92 Å². The van der Waals surface area contributed by atoms with Gasteiger partial charge in [0.2, 0.25) is 10.0 Å². The average molecular weight is 347 g/mol. The standard InChI is InChI=1S/C19H25NO3S/c1-15(2)23-18-10-8-17(9-11-18)5-4-14-20-24(21,22)19-12-6-16(3)7-13-19/h6-13,15,20H,4-5,14H2,1-3H3. The van der Waals surface area contributed by atoms with Crippen LogP contribution in [0.3, 0.4) is 0 Å². The molecule has 0 fully saturated rings. The molecule has 0 bridgehead atoms. The lowest BCUT2D eigenvalue weighted by Crippen LogP contribution is -2.25. The van der Waals surface area contributed by atoms with Crippen molar-refractivity contribution >= 4 is 10.0 Å². The van der Waals surface area contributed by atoms with E-state index in [2.05, 4.69) is 4.72 Å². The Morgan fingerprint density at radius 3 is 2.21 bits per heavy atom. The molecule has 0 aliphatic heterocycles. The predicted molar refractivity (Wildman–Crippen MR) is 96.9 cm³/mol. The van der Waals surface area contributed by atoms with Crippen molar-refractivity contribution in [3.05, 3.63) is 59.7 Å². The Morgan fingerprint density at radius 1 is 1.00 bits per heavy atom. The van der Waals surface area contributed by atoms with Gasteiger partial charge < -0.3 is 4.74 Å². The van der Waals surface area contributed by atoms with Gasteiger partial charge >= 0.3 is 0 Å². The second kappa shape index (κ2) is 8.31. The van der Waals surface area contributed by atoms with Crippen LogP contribution in [-0.4, -0.2) is 21.1 Å². The van der Waals surface area contributed by atoms with Crippen LogP contribution in [0.25, 0.3) is 0 Å². The fourth-order valence-electron chi connectivity index (χ4n) is 2.31. The smallest absolute Gasteiger partial charge is 0.240 e. The Hall–Kier alpha value is -1.85. The summed E-state index contributed by atoms with van der Waals surface area (Å²) in [7, 11) is -3.42. The van der Waals surface area contributed by atoms with Crippen molar-refractivity contribution in [2.45, 2.75) is 44.6 Å². The maximum Gasteiger partial charge on any atom is 0.240 e. The van der Waals surface area contributed by atoms with Gasteiger partial charge in [0.1, 0.15) is 5.75 Å². The third-order valence-corrected chi connectivity index (χ3v) is 5.04. The van der Waals surface area contributed by atoms with E-state index in [9.17, 15) is 8.42 Å². The van der Waals surface area contributed by atoms with Gasteiger partial charge in [-0.3, -0.25) is 0 Å². The highest BCUT2D eigenvalue weighted by molar-refractivity contribution is 7.89. The third-order valence-electron chi connectivity index (χ3n) is 3.56. The number of rotatable bonds is 8. The van der Waals surface area contributed by atoms with Gasteiger partial charge in [-0.15, -0.1) is 0 Å². The van der Waals surface area contributed by atoms with E-state index in [1.807, 2.05) is 45.0 Å². The Bertz CT molecular complexity index is 735. The summed E-state index contributed by atoms with van der Waals surface area (Å²) in [5.41, 5.74) is 2.21. The average Bonchev–Trinajstić information content (AvgIpc) is 2.53. The molecule has 0 aliphatic carbocycles. The van der Waals surface area contributed by atoms with Crippen molar-refractivity contribution in [3.63, 3.8) is 0 Å². The van der Waals surface area contributed by atoms with Gasteiger partial charge in [0.15, 0.2) is 0 Å². The summed E-state index contributed by atoms with van der Waals surface area (Å²) in [5, 5.41) is 0. The first-order valence-corrected chi connectivity index (χ1v) is 9.67. The van der Waals surface area contributed by atoms with Crippen LogP contribution in [0.15, 0.2) is 53.4 Å². The molecule has 2 aromatic rings. The van der Waals surface area contributed by atoms with Crippen LogP contribution in [0.2, 0.25) is 0 Å². The second-order valence-electron chi connectivity index (χ2n) is 6.12. The van der Waals surface area contributed by atoms with E-state index in [-0.39, 0.29) is 6.10 Å². The van der Waals surface area contributed by atoms with Crippen LogP contribution in [0.4, 0.5) is 0 Å². The molecule has 0 saturated carbocycles. The lowest BCUT2D eigenvalue weighted by molar-refractivity contribution is 0.242. The molecule has 0 atom stereocenters. The van der Waals surface area contributed by atoms with Gasteiger partial charge in [-0.2, -0.15) is 0 Å². The van der Waals surface area contributed by atoms with Gasteiger partial charge in [0, 0.05) is 6.54 Å². The number of hydrogen-bond acceptors (Lipinski definition) is 3. The molecule has 24 heavy (non-hydrogen) atoms. The minimum absolute atomic E-state index is 0.159. The maximum atomic E-state index is 12.2. The van der Waals surface area contributed by atoms with Gasteiger partial charge in [-0.1, -0.05) is 29.8 Å². The zero-order valence-corrected chi connectivity index (χ0v) is 15.3. The number of sulfonamides is 1. The quantitative estimate of drug-likeness (QED) is 0.741. The zero-order chi connectivity index (χ0) is 17.6. The van der Waals surface area contributed by atoms with E-state index in [0.717, 1.165) is 24.2 Å². The third kappa shape index (κ3) is 5.65. The summed E-state index contributed by atoms with van der Waals surface area (Å²) in [6, 6.07) is 14.8. The summed E-state index contributed by atoms with van der Waals surface area (Å²) < 4.78 is 32.6. The molecule has 0 amide bonds. The molecule has 1 N–H and O–H groups in total. The van der Waals surface area contributed by atoms with Crippen LogP contribution < -0.4 is 9.46 Å². The summed E-state index contributed by atoms with van der Waals surface area (Å²) in [5.74, 6) is 0.855. The Kier molecular flexibility index (Phi) is 6.40. The Balaban J connectivity index is 1.81. The van der Waals surface area contributed by atoms with Gasteiger partial charge in [0.25, 0.3) is 0 Å². The molecule has 2 aromatic carbocycles. The lowest BCUT2D eigenvalue weighted by Gasteiger charge is -2.10. The molecule has 0 unspecified atom stereocenters. The Labute approximate surface area is 144 Å². The fraction of sp³-hybridized carbons (Fsp3) is 0.368. The molecule has 0 heterocycles. The highest BCUT2D eigenvalue weighted by Gasteiger charge is 2.12. The number of benzene rings is 2. The minimum atomic E-state index is -3.42. The molecule has 2 rings (SSSR count). The van der Waals surface area contributed by atoms with E-state index in [0.29, 0.717) is 11.4 Å². The maximum absolute atomic E-state index is 12.2. The molecule has 0 radical (unpaired) electrons. The highest BCUT2D eigenvalue weighted by Crippen LogP contribution is 2.15. The molecule has 130 valence electrons. The van der Waals surface area contributed by atoms with Crippen LogP contribution in [-0.2, 0) is 16.4 Å².